The lowest BCUT2D eigenvalue weighted by Crippen LogP contribution is -2.25. The molecule has 1 saturated heterocycles. The number of carboxylic acids is 1. The number of hydrogen-bond donors (Lipinski definition) is 2. The van der Waals surface area contributed by atoms with Crippen LogP contribution in [0.4, 0.5) is 0 Å². The van der Waals surface area contributed by atoms with Gasteiger partial charge in [0, 0.05) is 24.1 Å². The van der Waals surface area contributed by atoms with Gasteiger partial charge >= 0.3 is 5.97 Å². The largest absolute Gasteiger partial charge is 0.488 e. The van der Waals surface area contributed by atoms with Gasteiger partial charge in [-0.2, -0.15) is 0 Å². The van der Waals surface area contributed by atoms with Crippen molar-refractivity contribution in [2.24, 2.45) is 0 Å². The van der Waals surface area contributed by atoms with Crippen molar-refractivity contribution in [3.8, 4) is 5.75 Å². The van der Waals surface area contributed by atoms with Gasteiger partial charge in [0.25, 0.3) is 5.91 Å². The summed E-state index contributed by atoms with van der Waals surface area (Å²) in [6, 6.07) is 5.82. The fourth-order valence-corrected chi connectivity index (χ4v) is 3.04. The first-order chi connectivity index (χ1) is 12.9. The number of furan rings is 1. The Morgan fingerprint density at radius 1 is 1.33 bits per heavy atom. The Morgan fingerprint density at radius 2 is 2.15 bits per heavy atom. The molecule has 1 amide bonds. The van der Waals surface area contributed by atoms with E-state index in [9.17, 15) is 9.59 Å². The van der Waals surface area contributed by atoms with E-state index in [0.717, 1.165) is 23.3 Å². The molecule has 2 heterocycles. The molecule has 0 spiro atoms. The van der Waals surface area contributed by atoms with Gasteiger partial charge in [-0.15, -0.1) is 0 Å². The van der Waals surface area contributed by atoms with E-state index in [1.165, 1.54) is 6.26 Å². The topological polar surface area (TPSA) is 98.0 Å². The van der Waals surface area contributed by atoms with Crippen molar-refractivity contribution in [1.29, 1.82) is 0 Å². The van der Waals surface area contributed by atoms with Crippen molar-refractivity contribution in [2.45, 2.75) is 39.3 Å². The average Bonchev–Trinajstić information content (AvgIpc) is 3.23. The van der Waals surface area contributed by atoms with Gasteiger partial charge in [0.1, 0.15) is 24.0 Å². The molecule has 0 aliphatic carbocycles. The molecule has 1 atom stereocenters. The first-order valence-electron chi connectivity index (χ1n) is 8.85. The summed E-state index contributed by atoms with van der Waals surface area (Å²) < 4.78 is 16.6. The van der Waals surface area contributed by atoms with E-state index in [4.69, 9.17) is 19.0 Å². The second kappa shape index (κ2) is 8.26. The van der Waals surface area contributed by atoms with Gasteiger partial charge in [-0.25, -0.2) is 0 Å². The molecule has 3 rings (SSSR count). The van der Waals surface area contributed by atoms with E-state index >= 15 is 0 Å². The van der Waals surface area contributed by atoms with Gasteiger partial charge in [0.2, 0.25) is 0 Å². The van der Waals surface area contributed by atoms with Crippen LogP contribution in [0.2, 0.25) is 0 Å². The van der Waals surface area contributed by atoms with Crippen LogP contribution in [-0.4, -0.2) is 36.3 Å². The van der Waals surface area contributed by atoms with Crippen LogP contribution in [0.15, 0.2) is 28.9 Å². The van der Waals surface area contributed by atoms with Gasteiger partial charge in [-0.05, 0) is 25.5 Å². The standard InChI is InChI=1S/C20H23NO6/c1-12-3-4-14(16(7-12)27-15-5-6-25-11-15)9-21-20(24)19-13(2)10-26-17(19)8-18(22)23/h3-4,7,10,15H,5-6,8-9,11H2,1-2H3,(H,21,24)(H,22,23). The highest BCUT2D eigenvalue weighted by Crippen LogP contribution is 2.24. The summed E-state index contributed by atoms with van der Waals surface area (Å²) in [5, 5.41) is 11.8. The summed E-state index contributed by atoms with van der Waals surface area (Å²) >= 11 is 0. The number of ether oxygens (including phenoxy) is 2. The third-order valence-corrected chi connectivity index (χ3v) is 4.43. The number of benzene rings is 1. The van der Waals surface area contributed by atoms with E-state index in [0.29, 0.717) is 18.8 Å². The summed E-state index contributed by atoms with van der Waals surface area (Å²) in [6.45, 7) is 5.21. The number of amides is 1. The summed E-state index contributed by atoms with van der Waals surface area (Å²) in [5.74, 6) is -0.541. The second-order valence-corrected chi connectivity index (χ2v) is 6.68. The number of aliphatic carboxylic acids is 1. The van der Waals surface area contributed by atoms with Gasteiger partial charge < -0.3 is 24.3 Å². The maximum atomic E-state index is 12.6. The molecule has 2 aromatic rings. The van der Waals surface area contributed by atoms with Gasteiger partial charge in [0.15, 0.2) is 0 Å². The smallest absolute Gasteiger partial charge is 0.311 e. The lowest BCUT2D eigenvalue weighted by atomic mass is 10.1. The third-order valence-electron chi connectivity index (χ3n) is 4.43. The molecule has 2 N–H and O–H groups in total. The van der Waals surface area contributed by atoms with E-state index < -0.39 is 5.97 Å². The Hall–Kier alpha value is -2.80. The average molecular weight is 373 g/mol. The summed E-state index contributed by atoms with van der Waals surface area (Å²) in [5.41, 5.74) is 2.79. The minimum Gasteiger partial charge on any atom is -0.488 e. The van der Waals surface area contributed by atoms with Crippen LogP contribution >= 0.6 is 0 Å². The summed E-state index contributed by atoms with van der Waals surface area (Å²) in [4.78, 5) is 23.6. The van der Waals surface area contributed by atoms with Gasteiger partial charge in [0.05, 0.1) is 25.0 Å². The molecule has 1 fully saturated rings. The summed E-state index contributed by atoms with van der Waals surface area (Å²) in [7, 11) is 0. The lowest BCUT2D eigenvalue weighted by Gasteiger charge is -2.17. The molecule has 1 unspecified atom stereocenters. The number of aryl methyl sites for hydroxylation is 2. The molecule has 0 bridgehead atoms. The van der Waals surface area contributed by atoms with E-state index in [2.05, 4.69) is 5.32 Å². The van der Waals surface area contributed by atoms with E-state index in [1.54, 1.807) is 6.92 Å². The van der Waals surface area contributed by atoms with E-state index in [1.807, 2.05) is 25.1 Å². The predicted octanol–water partition coefficient (Wildman–Crippen LogP) is 2.62. The number of hydrogen-bond acceptors (Lipinski definition) is 5. The van der Waals surface area contributed by atoms with Crippen molar-refractivity contribution < 1.29 is 28.6 Å². The zero-order valence-electron chi connectivity index (χ0n) is 15.4. The van der Waals surface area contributed by atoms with Gasteiger partial charge in [-0.1, -0.05) is 12.1 Å². The first kappa shape index (κ1) is 19.0. The first-order valence-corrected chi connectivity index (χ1v) is 8.85. The molecule has 1 aliphatic heterocycles. The van der Waals surface area contributed by atoms with Crippen LogP contribution in [0.3, 0.4) is 0 Å². The van der Waals surface area contributed by atoms with Crippen molar-refractivity contribution in [3.05, 3.63) is 52.5 Å². The third kappa shape index (κ3) is 4.68. The molecular formula is C20H23NO6. The molecule has 27 heavy (non-hydrogen) atoms. The Balaban J connectivity index is 1.72. The van der Waals surface area contributed by atoms with Crippen molar-refractivity contribution >= 4 is 11.9 Å². The fourth-order valence-electron chi connectivity index (χ4n) is 3.04. The Labute approximate surface area is 157 Å². The van der Waals surface area contributed by atoms with Crippen LogP contribution in [-0.2, 0) is 22.5 Å². The molecule has 7 heteroatoms. The van der Waals surface area contributed by atoms with Crippen molar-refractivity contribution in [2.75, 3.05) is 13.2 Å². The predicted molar refractivity (Wildman–Crippen MR) is 97.0 cm³/mol. The Bertz CT molecular complexity index is 835. The molecule has 144 valence electrons. The lowest BCUT2D eigenvalue weighted by molar-refractivity contribution is -0.136. The minimum atomic E-state index is -1.05. The highest BCUT2D eigenvalue weighted by molar-refractivity contribution is 5.97. The molecule has 1 aromatic carbocycles. The Kier molecular flexibility index (Phi) is 5.81. The number of nitrogens with one attached hydrogen (secondary N) is 1. The second-order valence-electron chi connectivity index (χ2n) is 6.68. The van der Waals surface area contributed by atoms with E-state index in [-0.39, 0.29) is 36.3 Å². The molecular weight excluding hydrogens is 350 g/mol. The van der Waals surface area contributed by atoms with Crippen LogP contribution < -0.4 is 10.1 Å². The SMILES string of the molecule is Cc1ccc(CNC(=O)c2c(C)coc2CC(=O)O)c(OC2CCOC2)c1. The quantitative estimate of drug-likeness (QED) is 0.774. The minimum absolute atomic E-state index is 0.0135. The molecule has 7 nitrogen and oxygen atoms in total. The monoisotopic (exact) mass is 373 g/mol. The summed E-state index contributed by atoms with van der Waals surface area (Å²) in [6.07, 6.45) is 1.91. The van der Waals surface area contributed by atoms with Crippen molar-refractivity contribution in [1.82, 2.24) is 5.32 Å². The highest BCUT2D eigenvalue weighted by Gasteiger charge is 2.22. The van der Waals surface area contributed by atoms with Crippen LogP contribution in [0.5, 0.6) is 5.75 Å². The van der Waals surface area contributed by atoms with Crippen LogP contribution in [0, 0.1) is 13.8 Å². The fraction of sp³-hybridized carbons (Fsp3) is 0.400. The molecule has 0 saturated carbocycles. The molecule has 1 aliphatic rings. The van der Waals surface area contributed by atoms with Crippen LogP contribution in [0.25, 0.3) is 0 Å². The van der Waals surface area contributed by atoms with Crippen LogP contribution in [0.1, 0.15) is 39.2 Å². The normalized spacial score (nSPS) is 16.3. The van der Waals surface area contributed by atoms with Crippen molar-refractivity contribution in [3.63, 3.8) is 0 Å². The highest BCUT2D eigenvalue weighted by atomic mass is 16.5. The molecule has 0 radical (unpaired) electrons. The number of carbonyl (C=O) groups is 2. The number of rotatable bonds is 7. The zero-order chi connectivity index (χ0) is 19.4. The molecule has 1 aromatic heterocycles. The number of carboxylic acid groups (broad SMARTS) is 1. The number of carbonyl (C=O) groups excluding carboxylic acids is 1. The zero-order valence-corrected chi connectivity index (χ0v) is 15.4. The van der Waals surface area contributed by atoms with Gasteiger partial charge in [-0.3, -0.25) is 9.59 Å². The Morgan fingerprint density at radius 3 is 2.85 bits per heavy atom. The maximum Gasteiger partial charge on any atom is 0.311 e. The maximum absolute atomic E-state index is 12.6.